The van der Waals surface area contributed by atoms with Crippen LogP contribution in [0.4, 0.5) is 5.69 Å². The van der Waals surface area contributed by atoms with Crippen molar-refractivity contribution in [2.45, 2.75) is 11.8 Å². The van der Waals surface area contributed by atoms with Gasteiger partial charge in [-0.05, 0) is 23.8 Å². The van der Waals surface area contributed by atoms with Crippen LogP contribution in [-0.2, 0) is 21.3 Å². The third-order valence-electron chi connectivity index (χ3n) is 3.42. The fourth-order valence-electron chi connectivity index (χ4n) is 2.15. The number of non-ortho nitro benzene ring substituents is 1. The normalized spacial score (nSPS) is 10.2. The van der Waals surface area contributed by atoms with E-state index in [1.165, 1.54) is 32.4 Å². The highest BCUT2D eigenvalue weighted by molar-refractivity contribution is 9.08. The molecule has 0 aliphatic rings. The number of hydrogen-bond donors (Lipinski definition) is 0. The van der Waals surface area contributed by atoms with E-state index in [9.17, 15) is 14.9 Å². The van der Waals surface area contributed by atoms with E-state index < -0.39 is 4.92 Å². The Hall–Kier alpha value is -2.61. The Bertz CT molecular complexity index is 793. The molecule has 0 fully saturated rings. The number of carbonyl (C=O) groups excluding carboxylic acids is 1. The molecule has 0 radical (unpaired) electrons. The molecule has 7 nitrogen and oxygen atoms in total. The molecule has 0 saturated carbocycles. The molecular weight excluding hydrogens is 394 g/mol. The van der Waals surface area contributed by atoms with Crippen molar-refractivity contribution in [1.29, 1.82) is 0 Å². The number of methoxy groups -OCH3 is 2. The second kappa shape index (κ2) is 8.48. The summed E-state index contributed by atoms with van der Waals surface area (Å²) in [5.74, 6) is 0.969. The molecule has 0 saturated heterocycles. The van der Waals surface area contributed by atoms with E-state index in [1.807, 2.05) is 0 Å². The molecule has 0 N–H and O–H groups in total. The SMILES string of the molecule is COC(=O)Cc1ccc(OC)c(Oc2ccc([N+](=O)[O-])cc2CBr)c1. The number of halogens is 1. The summed E-state index contributed by atoms with van der Waals surface area (Å²) in [6.07, 6.45) is 0.0996. The second-order valence-corrected chi connectivity index (χ2v) is 5.58. The first-order valence-electron chi connectivity index (χ1n) is 7.23. The van der Waals surface area contributed by atoms with Gasteiger partial charge in [0.25, 0.3) is 5.69 Å². The highest BCUT2D eigenvalue weighted by Crippen LogP contribution is 2.36. The Balaban J connectivity index is 2.36. The number of alkyl halides is 1. The van der Waals surface area contributed by atoms with Crippen LogP contribution in [0.25, 0.3) is 0 Å². The van der Waals surface area contributed by atoms with Gasteiger partial charge >= 0.3 is 5.97 Å². The molecule has 0 aliphatic heterocycles. The number of nitro groups is 1. The summed E-state index contributed by atoms with van der Waals surface area (Å²) < 4.78 is 15.8. The monoisotopic (exact) mass is 409 g/mol. The van der Waals surface area contributed by atoms with E-state index in [4.69, 9.17) is 9.47 Å². The lowest BCUT2D eigenvalue weighted by atomic mass is 10.1. The predicted octanol–water partition coefficient (Wildman–Crippen LogP) is 4.01. The van der Waals surface area contributed by atoms with E-state index in [0.29, 0.717) is 33.7 Å². The lowest BCUT2D eigenvalue weighted by Crippen LogP contribution is -2.04. The van der Waals surface area contributed by atoms with Crippen LogP contribution in [-0.4, -0.2) is 25.1 Å². The number of benzene rings is 2. The molecule has 25 heavy (non-hydrogen) atoms. The number of esters is 1. The van der Waals surface area contributed by atoms with Crippen LogP contribution >= 0.6 is 15.9 Å². The summed E-state index contributed by atoms with van der Waals surface area (Å²) in [6.45, 7) is 0. The number of nitrogens with zero attached hydrogens (tertiary/aromatic N) is 1. The van der Waals surface area contributed by atoms with Crippen LogP contribution in [0, 0.1) is 10.1 Å². The summed E-state index contributed by atoms with van der Waals surface area (Å²) in [4.78, 5) is 21.9. The Morgan fingerprint density at radius 3 is 2.44 bits per heavy atom. The van der Waals surface area contributed by atoms with Gasteiger partial charge in [-0.3, -0.25) is 14.9 Å². The van der Waals surface area contributed by atoms with E-state index in [1.54, 1.807) is 18.2 Å². The first-order chi connectivity index (χ1) is 12.0. The van der Waals surface area contributed by atoms with Gasteiger partial charge < -0.3 is 14.2 Å². The van der Waals surface area contributed by atoms with Gasteiger partial charge in [0.1, 0.15) is 5.75 Å². The number of ether oxygens (including phenoxy) is 3. The lowest BCUT2D eigenvalue weighted by molar-refractivity contribution is -0.384. The van der Waals surface area contributed by atoms with Crippen molar-refractivity contribution in [3.63, 3.8) is 0 Å². The number of rotatable bonds is 7. The highest BCUT2D eigenvalue weighted by atomic mass is 79.9. The minimum atomic E-state index is -0.465. The fraction of sp³-hybridized carbons (Fsp3) is 0.235. The first-order valence-corrected chi connectivity index (χ1v) is 8.35. The van der Waals surface area contributed by atoms with Crippen LogP contribution in [0.15, 0.2) is 36.4 Å². The standard InChI is InChI=1S/C17H16BrNO6/c1-23-15-5-3-11(8-17(20)24-2)7-16(15)25-14-6-4-13(19(21)22)9-12(14)10-18/h3-7,9H,8,10H2,1-2H3. The Kier molecular flexibility index (Phi) is 6.35. The van der Waals surface area contributed by atoms with Crippen LogP contribution in [0.1, 0.15) is 11.1 Å². The smallest absolute Gasteiger partial charge is 0.309 e. The Labute approximate surface area is 152 Å². The molecule has 132 valence electrons. The maximum Gasteiger partial charge on any atom is 0.309 e. The molecule has 0 aliphatic carbocycles. The molecule has 0 unspecified atom stereocenters. The predicted molar refractivity (Wildman–Crippen MR) is 94.5 cm³/mol. The van der Waals surface area contributed by atoms with Gasteiger partial charge in [0, 0.05) is 23.0 Å². The van der Waals surface area contributed by atoms with Gasteiger partial charge in [0.2, 0.25) is 0 Å². The van der Waals surface area contributed by atoms with Gasteiger partial charge in [-0.15, -0.1) is 0 Å². The van der Waals surface area contributed by atoms with E-state index in [2.05, 4.69) is 20.7 Å². The topological polar surface area (TPSA) is 87.9 Å². The van der Waals surface area contributed by atoms with Crippen LogP contribution < -0.4 is 9.47 Å². The van der Waals surface area contributed by atoms with Gasteiger partial charge in [-0.25, -0.2) is 0 Å². The third-order valence-corrected chi connectivity index (χ3v) is 4.03. The maximum atomic E-state index is 11.4. The van der Waals surface area contributed by atoms with Gasteiger partial charge in [0.15, 0.2) is 11.5 Å². The van der Waals surface area contributed by atoms with E-state index in [0.717, 1.165) is 0 Å². The molecule has 0 bridgehead atoms. The summed E-state index contributed by atoms with van der Waals surface area (Å²) in [5, 5.41) is 11.3. The van der Waals surface area contributed by atoms with Crippen molar-refractivity contribution in [1.82, 2.24) is 0 Å². The van der Waals surface area contributed by atoms with Crippen LogP contribution in [0.3, 0.4) is 0 Å². The minimum Gasteiger partial charge on any atom is -0.493 e. The van der Waals surface area contributed by atoms with Gasteiger partial charge in [-0.1, -0.05) is 22.0 Å². The summed E-state index contributed by atoms with van der Waals surface area (Å²) in [5.41, 5.74) is 1.30. The molecule has 2 aromatic carbocycles. The summed E-state index contributed by atoms with van der Waals surface area (Å²) in [6, 6.07) is 9.44. The Morgan fingerprint density at radius 2 is 1.84 bits per heavy atom. The van der Waals surface area contributed by atoms with Gasteiger partial charge in [0.05, 0.1) is 25.6 Å². The molecular formula is C17H16BrNO6. The molecule has 0 spiro atoms. The average molecular weight is 410 g/mol. The van der Waals surface area contributed by atoms with Crippen molar-refractivity contribution < 1.29 is 23.9 Å². The van der Waals surface area contributed by atoms with Crippen molar-refractivity contribution >= 4 is 27.6 Å². The summed E-state index contributed by atoms with van der Waals surface area (Å²) >= 11 is 3.30. The first kappa shape index (κ1) is 18.7. The summed E-state index contributed by atoms with van der Waals surface area (Å²) in [7, 11) is 2.83. The number of nitro benzene ring substituents is 1. The van der Waals surface area contributed by atoms with E-state index >= 15 is 0 Å². The number of carbonyl (C=O) groups is 1. The van der Waals surface area contributed by atoms with Crippen molar-refractivity contribution in [3.8, 4) is 17.2 Å². The van der Waals surface area contributed by atoms with Crippen molar-refractivity contribution in [2.24, 2.45) is 0 Å². The quantitative estimate of drug-likeness (QED) is 0.297. The zero-order valence-electron chi connectivity index (χ0n) is 13.7. The average Bonchev–Trinajstić information content (AvgIpc) is 2.62. The number of hydrogen-bond acceptors (Lipinski definition) is 6. The molecule has 8 heteroatoms. The van der Waals surface area contributed by atoms with Crippen LogP contribution in [0.5, 0.6) is 17.2 Å². The maximum absolute atomic E-state index is 11.4. The minimum absolute atomic E-state index is 0.0202. The Morgan fingerprint density at radius 1 is 1.12 bits per heavy atom. The largest absolute Gasteiger partial charge is 0.493 e. The molecule has 0 amide bonds. The molecule has 0 aromatic heterocycles. The second-order valence-electron chi connectivity index (χ2n) is 5.02. The van der Waals surface area contributed by atoms with Gasteiger partial charge in [-0.2, -0.15) is 0 Å². The van der Waals surface area contributed by atoms with Crippen LogP contribution in [0.2, 0.25) is 0 Å². The zero-order valence-corrected chi connectivity index (χ0v) is 15.2. The molecule has 2 rings (SSSR count). The highest BCUT2D eigenvalue weighted by Gasteiger charge is 2.15. The van der Waals surface area contributed by atoms with E-state index in [-0.39, 0.29) is 18.1 Å². The molecule has 0 atom stereocenters. The lowest BCUT2D eigenvalue weighted by Gasteiger charge is -2.14. The molecule has 0 heterocycles. The molecule has 2 aromatic rings. The van der Waals surface area contributed by atoms with Crippen molar-refractivity contribution in [2.75, 3.05) is 14.2 Å². The fourth-order valence-corrected chi connectivity index (χ4v) is 2.59. The third kappa shape index (κ3) is 4.69. The van der Waals surface area contributed by atoms with Crippen molar-refractivity contribution in [3.05, 3.63) is 57.6 Å². The zero-order chi connectivity index (χ0) is 18.4.